The third-order valence-electron chi connectivity index (χ3n) is 3.10. The number of hydrogen-bond acceptors (Lipinski definition) is 4. The van der Waals surface area contributed by atoms with Crippen molar-refractivity contribution in [1.82, 2.24) is 0 Å². The van der Waals surface area contributed by atoms with Crippen molar-refractivity contribution in [3.05, 3.63) is 23.3 Å². The zero-order valence-electron chi connectivity index (χ0n) is 11.0. The van der Waals surface area contributed by atoms with Gasteiger partial charge in [-0.15, -0.1) is 0 Å². The highest BCUT2D eigenvalue weighted by atomic mass is 16.5. The first-order valence-corrected chi connectivity index (χ1v) is 6.49. The van der Waals surface area contributed by atoms with Crippen LogP contribution in [0.5, 0.6) is 11.5 Å². The van der Waals surface area contributed by atoms with Crippen LogP contribution in [-0.2, 0) is 17.6 Å². The Morgan fingerprint density at radius 2 is 1.89 bits per heavy atom. The van der Waals surface area contributed by atoms with Crippen molar-refractivity contribution in [3.63, 3.8) is 0 Å². The Labute approximate surface area is 112 Å². The van der Waals surface area contributed by atoms with Crippen LogP contribution in [0.4, 0.5) is 0 Å². The maximum absolute atomic E-state index is 10.5. The Bertz CT molecular complexity index is 473. The third kappa shape index (κ3) is 3.38. The number of ether oxygens (including phenoxy) is 2. The highest BCUT2D eigenvalue weighted by molar-refractivity contribution is 5.66. The molecule has 0 bridgehead atoms. The van der Waals surface area contributed by atoms with E-state index in [2.05, 4.69) is 0 Å². The summed E-state index contributed by atoms with van der Waals surface area (Å²) < 4.78 is 11.1. The second-order valence-corrected chi connectivity index (χ2v) is 4.66. The molecule has 0 fully saturated rings. The predicted octanol–water partition coefficient (Wildman–Crippen LogP) is 1.36. The molecule has 0 amide bonds. The van der Waals surface area contributed by atoms with E-state index in [0.717, 1.165) is 12.8 Å². The number of nitrogens with two attached hydrogens (primary N) is 1. The molecule has 0 radical (unpaired) electrons. The minimum atomic E-state index is -0.874. The number of carboxylic acid groups (broad SMARTS) is 1. The molecular weight excluding hydrogens is 246 g/mol. The Hall–Kier alpha value is -1.75. The molecule has 1 aromatic carbocycles. The summed E-state index contributed by atoms with van der Waals surface area (Å²) in [5.41, 5.74) is 8.30. The van der Waals surface area contributed by atoms with E-state index >= 15 is 0 Å². The van der Waals surface area contributed by atoms with Gasteiger partial charge in [0, 0.05) is 6.04 Å². The van der Waals surface area contributed by atoms with Crippen molar-refractivity contribution in [1.29, 1.82) is 0 Å². The van der Waals surface area contributed by atoms with E-state index in [4.69, 9.17) is 20.3 Å². The normalized spacial score (nSPS) is 17.1. The molecule has 0 aliphatic heterocycles. The molecule has 3 N–H and O–H groups in total. The van der Waals surface area contributed by atoms with Gasteiger partial charge in [0.05, 0.1) is 19.6 Å². The lowest BCUT2D eigenvalue weighted by molar-refractivity contribution is -0.137. The van der Waals surface area contributed by atoms with Crippen molar-refractivity contribution in [3.8, 4) is 11.5 Å². The molecule has 0 spiro atoms. The summed E-state index contributed by atoms with van der Waals surface area (Å²) in [6.07, 6.45) is 1.66. The molecule has 1 unspecified atom stereocenters. The summed E-state index contributed by atoms with van der Waals surface area (Å²) in [6, 6.07) is 4.04. The average molecular weight is 265 g/mol. The zero-order chi connectivity index (χ0) is 13.8. The lowest BCUT2D eigenvalue weighted by atomic mass is 10.1. The van der Waals surface area contributed by atoms with Gasteiger partial charge >= 0.3 is 5.97 Å². The number of fused-ring (bicyclic) bond motifs is 1. The van der Waals surface area contributed by atoms with Crippen LogP contribution in [0.15, 0.2) is 12.1 Å². The SMILES string of the molecule is CCOc1cc2c(cc1OCCC(=O)O)CC(N)C2. The smallest absolute Gasteiger partial charge is 0.306 e. The van der Waals surface area contributed by atoms with Crippen molar-refractivity contribution in [2.45, 2.75) is 32.2 Å². The predicted molar refractivity (Wildman–Crippen MR) is 70.7 cm³/mol. The van der Waals surface area contributed by atoms with E-state index in [9.17, 15) is 4.79 Å². The summed E-state index contributed by atoms with van der Waals surface area (Å²) in [4.78, 5) is 10.5. The molecule has 0 heterocycles. The molecule has 19 heavy (non-hydrogen) atoms. The molecule has 1 aromatic rings. The van der Waals surface area contributed by atoms with Gasteiger partial charge in [0.25, 0.3) is 0 Å². The topological polar surface area (TPSA) is 81.8 Å². The second kappa shape index (κ2) is 5.93. The van der Waals surface area contributed by atoms with Gasteiger partial charge in [-0.3, -0.25) is 4.79 Å². The van der Waals surface area contributed by atoms with Crippen molar-refractivity contribution in [2.24, 2.45) is 5.73 Å². The lowest BCUT2D eigenvalue weighted by Crippen LogP contribution is -2.18. The molecule has 2 rings (SSSR count). The van der Waals surface area contributed by atoms with Gasteiger partial charge < -0.3 is 20.3 Å². The Morgan fingerprint density at radius 1 is 1.32 bits per heavy atom. The van der Waals surface area contributed by atoms with Crippen molar-refractivity contribution in [2.75, 3.05) is 13.2 Å². The molecule has 0 aromatic heterocycles. The largest absolute Gasteiger partial charge is 0.490 e. The van der Waals surface area contributed by atoms with Crippen LogP contribution in [-0.4, -0.2) is 30.3 Å². The summed E-state index contributed by atoms with van der Waals surface area (Å²) in [5.74, 6) is 0.401. The number of hydrogen-bond donors (Lipinski definition) is 2. The standard InChI is InChI=1S/C14H19NO4/c1-2-18-12-7-9-5-11(15)6-10(9)8-13(12)19-4-3-14(16)17/h7-8,11H,2-6,15H2,1H3,(H,16,17). The maximum Gasteiger partial charge on any atom is 0.306 e. The molecule has 0 saturated carbocycles. The van der Waals surface area contributed by atoms with Crippen molar-refractivity contribution >= 4 is 5.97 Å². The first kappa shape index (κ1) is 13.7. The van der Waals surface area contributed by atoms with E-state index in [-0.39, 0.29) is 19.1 Å². The van der Waals surface area contributed by atoms with Gasteiger partial charge in [0.2, 0.25) is 0 Å². The van der Waals surface area contributed by atoms with Crippen LogP contribution in [0.3, 0.4) is 0 Å². The number of carboxylic acids is 1. The van der Waals surface area contributed by atoms with E-state index in [1.807, 2.05) is 19.1 Å². The summed E-state index contributed by atoms with van der Waals surface area (Å²) >= 11 is 0. The number of rotatable bonds is 6. The zero-order valence-corrected chi connectivity index (χ0v) is 11.0. The average Bonchev–Trinajstić information content (AvgIpc) is 2.68. The fourth-order valence-corrected chi connectivity index (χ4v) is 2.29. The fraction of sp³-hybridized carbons (Fsp3) is 0.500. The monoisotopic (exact) mass is 265 g/mol. The number of carbonyl (C=O) groups is 1. The molecule has 1 atom stereocenters. The molecule has 5 heteroatoms. The van der Waals surface area contributed by atoms with E-state index in [0.29, 0.717) is 18.1 Å². The maximum atomic E-state index is 10.5. The minimum absolute atomic E-state index is 0.0256. The molecule has 5 nitrogen and oxygen atoms in total. The second-order valence-electron chi connectivity index (χ2n) is 4.66. The third-order valence-corrected chi connectivity index (χ3v) is 3.10. The van der Waals surface area contributed by atoms with Gasteiger partial charge in [-0.05, 0) is 43.0 Å². The van der Waals surface area contributed by atoms with Gasteiger partial charge in [0.1, 0.15) is 0 Å². The summed E-state index contributed by atoms with van der Waals surface area (Å²) in [7, 11) is 0. The number of benzene rings is 1. The molecular formula is C14H19NO4. The van der Waals surface area contributed by atoms with Crippen LogP contribution in [0.1, 0.15) is 24.5 Å². The number of aliphatic carboxylic acids is 1. The summed E-state index contributed by atoms with van der Waals surface area (Å²) in [6.45, 7) is 2.58. The van der Waals surface area contributed by atoms with Gasteiger partial charge in [-0.25, -0.2) is 0 Å². The van der Waals surface area contributed by atoms with E-state index < -0.39 is 5.97 Å². The van der Waals surface area contributed by atoms with Gasteiger partial charge in [-0.1, -0.05) is 0 Å². The Kier molecular flexibility index (Phi) is 4.27. The highest BCUT2D eigenvalue weighted by Crippen LogP contribution is 2.35. The van der Waals surface area contributed by atoms with Crippen LogP contribution in [0.25, 0.3) is 0 Å². The fourth-order valence-electron chi connectivity index (χ4n) is 2.29. The molecule has 1 aliphatic carbocycles. The summed E-state index contributed by atoms with van der Waals surface area (Å²) in [5, 5.41) is 8.63. The minimum Gasteiger partial charge on any atom is -0.490 e. The van der Waals surface area contributed by atoms with Crippen LogP contribution < -0.4 is 15.2 Å². The molecule has 1 aliphatic rings. The van der Waals surface area contributed by atoms with Crippen LogP contribution in [0.2, 0.25) is 0 Å². The molecule has 0 saturated heterocycles. The lowest BCUT2D eigenvalue weighted by Gasteiger charge is -2.13. The molecule has 104 valence electrons. The first-order valence-electron chi connectivity index (χ1n) is 6.49. The van der Waals surface area contributed by atoms with Gasteiger partial charge in [-0.2, -0.15) is 0 Å². The Morgan fingerprint density at radius 3 is 2.42 bits per heavy atom. The highest BCUT2D eigenvalue weighted by Gasteiger charge is 2.21. The Balaban J connectivity index is 2.15. The van der Waals surface area contributed by atoms with Crippen LogP contribution in [0, 0.1) is 0 Å². The van der Waals surface area contributed by atoms with E-state index in [1.54, 1.807) is 0 Å². The van der Waals surface area contributed by atoms with Gasteiger partial charge in [0.15, 0.2) is 11.5 Å². The van der Waals surface area contributed by atoms with Crippen LogP contribution >= 0.6 is 0 Å². The first-order chi connectivity index (χ1) is 9.10. The van der Waals surface area contributed by atoms with Crippen molar-refractivity contribution < 1.29 is 19.4 Å². The van der Waals surface area contributed by atoms with E-state index in [1.165, 1.54) is 11.1 Å². The quantitative estimate of drug-likeness (QED) is 0.811.